The van der Waals surface area contributed by atoms with E-state index >= 15 is 0 Å². The molecule has 1 heterocycles. The summed E-state index contributed by atoms with van der Waals surface area (Å²) in [5, 5.41) is 7.89. The van der Waals surface area contributed by atoms with Crippen LogP contribution in [-0.2, 0) is 46.3 Å². The fourth-order valence-corrected chi connectivity index (χ4v) is 5.20. The third kappa shape index (κ3) is 14.0. The van der Waals surface area contributed by atoms with Crippen LogP contribution in [0.3, 0.4) is 0 Å². The molecule has 3 N–H and O–H groups in total. The first-order chi connectivity index (χ1) is 25.0. The summed E-state index contributed by atoms with van der Waals surface area (Å²) in [4.78, 5) is 52.8. The van der Waals surface area contributed by atoms with Crippen molar-refractivity contribution in [3.63, 3.8) is 0 Å². The Labute approximate surface area is 303 Å². The number of amides is 5. The first-order valence-electron chi connectivity index (χ1n) is 16.8. The van der Waals surface area contributed by atoms with Gasteiger partial charge in [0.1, 0.15) is 13.2 Å². The lowest BCUT2D eigenvalue weighted by molar-refractivity contribution is -0.143. The molecule has 1 aliphatic rings. The van der Waals surface area contributed by atoms with Crippen molar-refractivity contribution in [2.75, 3.05) is 39.8 Å². The lowest BCUT2D eigenvalue weighted by atomic mass is 9.97. The second-order valence-electron chi connectivity index (χ2n) is 12.3. The van der Waals surface area contributed by atoms with Crippen LogP contribution < -0.4 is 16.0 Å². The largest absolute Gasteiger partial charge is 0.445 e. The van der Waals surface area contributed by atoms with Gasteiger partial charge in [-0.15, -0.1) is 0 Å². The van der Waals surface area contributed by atoms with E-state index in [0.29, 0.717) is 12.1 Å². The van der Waals surface area contributed by atoms with E-state index in [1.807, 2.05) is 44.2 Å². The molecule has 16 heteroatoms. The Kier molecular flexibility index (Phi) is 15.5. The number of hydrogen-bond donors (Lipinski definition) is 3. The van der Waals surface area contributed by atoms with Crippen LogP contribution in [-0.4, -0.2) is 73.5 Å². The Hall–Kier alpha value is -5.28. The van der Waals surface area contributed by atoms with E-state index in [-0.39, 0.29) is 44.7 Å². The first kappa shape index (κ1) is 42.1. The number of nitrogens with zero attached hydrogens (tertiary/aromatic N) is 2. The number of nitrogens with one attached hydrogen (secondary N) is 3. The van der Waals surface area contributed by atoms with E-state index < -0.39 is 66.0 Å². The van der Waals surface area contributed by atoms with Gasteiger partial charge in [-0.2, -0.15) is 26.3 Å². The van der Waals surface area contributed by atoms with Crippen LogP contribution in [0.25, 0.3) is 0 Å². The zero-order chi connectivity index (χ0) is 39.2. The van der Waals surface area contributed by atoms with Crippen molar-refractivity contribution in [1.82, 2.24) is 25.8 Å². The summed E-state index contributed by atoms with van der Waals surface area (Å²) >= 11 is 0. The van der Waals surface area contributed by atoms with E-state index in [1.54, 1.807) is 31.3 Å². The van der Waals surface area contributed by atoms with Gasteiger partial charge in [-0.25, -0.2) is 9.59 Å². The highest BCUT2D eigenvalue weighted by Gasteiger charge is 2.37. The van der Waals surface area contributed by atoms with Gasteiger partial charge >= 0.3 is 24.5 Å². The fraction of sp³-hybridized carbons (Fsp3) is 0.405. The maximum Gasteiger partial charge on any atom is 0.416 e. The van der Waals surface area contributed by atoms with Crippen LogP contribution in [0.4, 0.5) is 35.9 Å². The molecule has 288 valence electrons. The van der Waals surface area contributed by atoms with Crippen molar-refractivity contribution in [2.24, 2.45) is 5.92 Å². The molecule has 0 aliphatic carbocycles. The van der Waals surface area contributed by atoms with Gasteiger partial charge < -0.3 is 25.6 Å². The second-order valence-corrected chi connectivity index (χ2v) is 12.3. The summed E-state index contributed by atoms with van der Waals surface area (Å²) in [6.07, 6.45) is -10.2. The van der Waals surface area contributed by atoms with Crippen LogP contribution >= 0.6 is 0 Å². The number of urea groups is 1. The van der Waals surface area contributed by atoms with E-state index in [4.69, 9.17) is 4.74 Å². The van der Waals surface area contributed by atoms with Crippen molar-refractivity contribution in [2.45, 2.75) is 52.2 Å². The molecule has 0 bridgehead atoms. The molecule has 1 saturated heterocycles. The van der Waals surface area contributed by atoms with Crippen molar-refractivity contribution in [3.8, 4) is 0 Å². The van der Waals surface area contributed by atoms with Gasteiger partial charge in [0.15, 0.2) is 0 Å². The molecule has 53 heavy (non-hydrogen) atoms. The van der Waals surface area contributed by atoms with Crippen LogP contribution in [0, 0.1) is 12.8 Å². The maximum atomic E-state index is 13.4. The van der Waals surface area contributed by atoms with Crippen molar-refractivity contribution in [3.05, 3.63) is 106 Å². The van der Waals surface area contributed by atoms with Crippen LogP contribution in [0.2, 0.25) is 0 Å². The van der Waals surface area contributed by atoms with Gasteiger partial charge in [0, 0.05) is 39.8 Å². The third-order valence-corrected chi connectivity index (χ3v) is 8.02. The summed E-state index contributed by atoms with van der Waals surface area (Å²) in [5.41, 5.74) is -1.07. The van der Waals surface area contributed by atoms with Crippen LogP contribution in [0.15, 0.2) is 72.8 Å². The summed E-state index contributed by atoms with van der Waals surface area (Å²) < 4.78 is 85.2. The molecule has 1 unspecified atom stereocenters. The van der Waals surface area contributed by atoms with Gasteiger partial charge in [0.25, 0.3) is 0 Å². The number of alkyl halides is 6. The van der Waals surface area contributed by atoms with Gasteiger partial charge in [-0.1, -0.05) is 67.1 Å². The summed E-state index contributed by atoms with van der Waals surface area (Å²) in [6, 6.07) is 17.2. The number of hydrogen-bond acceptors (Lipinski definition) is 5. The summed E-state index contributed by atoms with van der Waals surface area (Å²) in [5.74, 6) is -1.71. The maximum absolute atomic E-state index is 13.4. The molecule has 10 nitrogen and oxygen atoms in total. The second kappa shape index (κ2) is 19.5. The average Bonchev–Trinajstić information content (AvgIpc) is 3.12. The van der Waals surface area contributed by atoms with Crippen molar-refractivity contribution < 1.29 is 50.3 Å². The van der Waals surface area contributed by atoms with Gasteiger partial charge in [0.2, 0.25) is 11.8 Å². The minimum atomic E-state index is -5.08. The Morgan fingerprint density at radius 3 is 2.08 bits per heavy atom. The predicted octanol–water partition coefficient (Wildman–Crippen LogP) is 6.31. The number of rotatable bonds is 8. The Morgan fingerprint density at radius 1 is 0.887 bits per heavy atom. The van der Waals surface area contributed by atoms with E-state index in [2.05, 4.69) is 16.0 Å². The van der Waals surface area contributed by atoms with E-state index in [1.165, 1.54) is 4.90 Å². The normalized spacial score (nSPS) is 15.5. The molecule has 4 rings (SSSR count). The average molecular weight is 752 g/mol. The smallest absolute Gasteiger partial charge is 0.416 e. The van der Waals surface area contributed by atoms with Crippen LogP contribution in [0.5, 0.6) is 0 Å². The van der Waals surface area contributed by atoms with E-state index in [9.17, 15) is 45.5 Å². The number of benzene rings is 3. The van der Waals surface area contributed by atoms with E-state index in [0.717, 1.165) is 34.6 Å². The highest BCUT2D eigenvalue weighted by molar-refractivity contribution is 5.84. The quantitative estimate of drug-likeness (QED) is 0.233. The molecule has 1 fully saturated rings. The molecule has 1 atom stereocenters. The molecule has 0 spiro atoms. The van der Waals surface area contributed by atoms with Gasteiger partial charge in [-0.3, -0.25) is 14.5 Å². The first-order valence-corrected chi connectivity index (χ1v) is 16.8. The summed E-state index contributed by atoms with van der Waals surface area (Å²) in [7, 11) is 1.60. The number of carbonyl (C=O) groups is 4. The highest BCUT2D eigenvalue weighted by Crippen LogP contribution is 2.36. The van der Waals surface area contributed by atoms with Gasteiger partial charge in [0.05, 0.1) is 17.0 Å². The Bertz CT molecular complexity index is 1640. The topological polar surface area (TPSA) is 120 Å². The molecule has 0 radical (unpaired) electrons. The Morgan fingerprint density at radius 2 is 1.51 bits per heavy atom. The molecule has 5 amide bonds. The number of ether oxygens (including phenoxy) is 1. The zero-order valence-electron chi connectivity index (χ0n) is 29.6. The lowest BCUT2D eigenvalue weighted by Gasteiger charge is -2.31. The van der Waals surface area contributed by atoms with Gasteiger partial charge in [-0.05, 0) is 54.7 Å². The molecular formula is C37H43F6N5O5. The molecule has 0 aromatic heterocycles. The van der Waals surface area contributed by atoms with Crippen molar-refractivity contribution >= 4 is 23.9 Å². The SMILES string of the molecule is CCCNC(=O)NC.Cc1ccc(CC2CN(C(=O)OCc3cc(C(F)(F)F)cc(C(F)(F)F)c3)CC(=O)N(Cc3ccccc3)CCNC2=O)cc1. The van der Waals surface area contributed by atoms with Crippen molar-refractivity contribution in [1.29, 1.82) is 0 Å². The summed E-state index contributed by atoms with van der Waals surface area (Å²) in [6.45, 7) is 3.37. The monoisotopic (exact) mass is 751 g/mol. The number of carbonyl (C=O) groups excluding carboxylic acids is 4. The number of halogens is 6. The predicted molar refractivity (Wildman–Crippen MR) is 184 cm³/mol. The molecule has 0 saturated carbocycles. The number of aryl methyl sites for hydroxylation is 1. The molecule has 3 aromatic rings. The minimum Gasteiger partial charge on any atom is -0.445 e. The standard InChI is InChI=1S/C32H31F6N3O4.C5H12N2O/c1-21-7-9-22(10-8-21)13-25-18-41(19-28(42)40(12-11-39-29(25)43)17-23-5-3-2-4-6-23)30(44)45-20-24-14-26(31(33,34)35)16-27(15-24)32(36,37)38;1-3-4-7-5(8)6-2/h2-10,14-16,25H,11-13,17-20H2,1H3,(H,39,43);3-4H2,1-2H3,(H2,6,7,8). The lowest BCUT2D eigenvalue weighted by Crippen LogP contribution is -2.51. The Balaban J connectivity index is 0.000000846. The third-order valence-electron chi connectivity index (χ3n) is 8.02. The highest BCUT2D eigenvalue weighted by atomic mass is 19.4. The minimum absolute atomic E-state index is 0.0234. The fourth-order valence-electron chi connectivity index (χ4n) is 5.20. The molecule has 3 aromatic carbocycles. The molecule has 1 aliphatic heterocycles. The molecular weight excluding hydrogens is 708 g/mol. The zero-order valence-corrected chi connectivity index (χ0v) is 29.6. The van der Waals surface area contributed by atoms with Crippen LogP contribution in [0.1, 0.15) is 46.7 Å².